The molecule has 1 atom stereocenters. The van der Waals surface area contributed by atoms with Gasteiger partial charge < -0.3 is 10.1 Å². The minimum atomic E-state index is -0.428. The van der Waals surface area contributed by atoms with Crippen molar-refractivity contribution in [2.24, 2.45) is 0 Å². The van der Waals surface area contributed by atoms with E-state index in [1.54, 1.807) is 0 Å². The Morgan fingerprint density at radius 2 is 1.92 bits per heavy atom. The van der Waals surface area contributed by atoms with E-state index in [0.717, 1.165) is 49.1 Å². The van der Waals surface area contributed by atoms with Crippen LogP contribution in [0.3, 0.4) is 0 Å². The summed E-state index contributed by atoms with van der Waals surface area (Å²) in [6.07, 6.45) is 3.83. The third-order valence-electron chi connectivity index (χ3n) is 4.99. The molecule has 126 valence electrons. The minimum Gasteiger partial charge on any atom is -0.489 e. The van der Waals surface area contributed by atoms with Gasteiger partial charge in [0, 0.05) is 6.54 Å². The molecule has 0 spiro atoms. The van der Waals surface area contributed by atoms with Crippen LogP contribution in [-0.2, 0) is 16.8 Å². The number of rotatable bonds is 5. The molecule has 1 aliphatic rings. The van der Waals surface area contributed by atoms with Crippen molar-refractivity contribution in [1.82, 2.24) is 5.32 Å². The van der Waals surface area contributed by atoms with Crippen molar-refractivity contribution in [3.8, 4) is 5.75 Å². The summed E-state index contributed by atoms with van der Waals surface area (Å²) in [6, 6.07) is 18.2. The number of nitrogens with one attached hydrogen (secondary N) is 1. The lowest BCUT2D eigenvalue weighted by molar-refractivity contribution is -0.126. The third-order valence-corrected chi connectivity index (χ3v) is 4.99. The predicted molar refractivity (Wildman–Crippen MR) is 96.0 cm³/mol. The normalized spacial score (nSPS) is 21.0. The number of hydrogen-bond donors (Lipinski definition) is 1. The van der Waals surface area contributed by atoms with Crippen LogP contribution >= 0.6 is 0 Å². The lowest BCUT2D eigenvalue weighted by atomic mass is 9.74. The molecule has 0 saturated carbocycles. The van der Waals surface area contributed by atoms with Crippen LogP contribution in [-0.4, -0.2) is 12.5 Å². The molecular formula is C21H25NO2. The third kappa shape index (κ3) is 3.45. The van der Waals surface area contributed by atoms with Crippen LogP contribution in [0, 0.1) is 0 Å². The molecule has 2 aromatic carbocycles. The van der Waals surface area contributed by atoms with Gasteiger partial charge in [0.25, 0.3) is 0 Å². The highest BCUT2D eigenvalue weighted by molar-refractivity contribution is 5.88. The van der Waals surface area contributed by atoms with Gasteiger partial charge in [0.05, 0.1) is 5.41 Å². The molecule has 2 aromatic rings. The van der Waals surface area contributed by atoms with Crippen LogP contribution < -0.4 is 10.1 Å². The molecule has 3 heteroatoms. The van der Waals surface area contributed by atoms with E-state index in [2.05, 4.69) is 30.4 Å². The second kappa shape index (κ2) is 7.52. The fourth-order valence-corrected chi connectivity index (χ4v) is 3.48. The molecule has 3 nitrogen and oxygen atoms in total. The largest absolute Gasteiger partial charge is 0.489 e. The van der Waals surface area contributed by atoms with Crippen LogP contribution in [0.5, 0.6) is 5.75 Å². The first-order valence-electron chi connectivity index (χ1n) is 8.80. The summed E-state index contributed by atoms with van der Waals surface area (Å²) in [5.74, 6) is 0.976. The predicted octanol–water partition coefficient (Wildman–Crippen LogP) is 4.21. The Morgan fingerprint density at radius 1 is 1.08 bits per heavy atom. The molecule has 1 N–H and O–H groups in total. The summed E-state index contributed by atoms with van der Waals surface area (Å²) < 4.78 is 5.95. The van der Waals surface area contributed by atoms with Gasteiger partial charge in [-0.15, -0.1) is 0 Å². The maximum absolute atomic E-state index is 12.7. The Balaban J connectivity index is 1.81. The number of carbonyl (C=O) groups is 1. The molecule has 0 radical (unpaired) electrons. The summed E-state index contributed by atoms with van der Waals surface area (Å²) in [6.45, 7) is 3.42. The van der Waals surface area contributed by atoms with E-state index in [-0.39, 0.29) is 5.91 Å². The van der Waals surface area contributed by atoms with E-state index in [9.17, 15) is 4.79 Å². The Hall–Kier alpha value is -2.29. The molecule has 3 rings (SSSR count). The van der Waals surface area contributed by atoms with Crippen molar-refractivity contribution in [3.63, 3.8) is 0 Å². The monoisotopic (exact) mass is 323 g/mol. The van der Waals surface area contributed by atoms with Gasteiger partial charge in [-0.25, -0.2) is 0 Å². The summed E-state index contributed by atoms with van der Waals surface area (Å²) in [5, 5.41) is 3.08. The van der Waals surface area contributed by atoms with Crippen molar-refractivity contribution < 1.29 is 9.53 Å². The molecule has 1 aliphatic heterocycles. The number of carbonyl (C=O) groups excluding carboxylic acids is 1. The first-order chi connectivity index (χ1) is 11.7. The lowest BCUT2D eigenvalue weighted by Gasteiger charge is -2.30. The SMILES string of the molecule is CCC1(c2cccc(OCc3ccccc3)c2)CCCCNC1=O. The van der Waals surface area contributed by atoms with Crippen LogP contribution in [0.15, 0.2) is 54.6 Å². The van der Waals surface area contributed by atoms with E-state index in [4.69, 9.17) is 4.74 Å². The van der Waals surface area contributed by atoms with Crippen LogP contribution in [0.1, 0.15) is 43.7 Å². The molecule has 24 heavy (non-hydrogen) atoms. The molecule has 1 saturated heterocycles. The average molecular weight is 323 g/mol. The molecular weight excluding hydrogens is 298 g/mol. The summed E-state index contributed by atoms with van der Waals surface area (Å²) in [5.41, 5.74) is 1.78. The average Bonchev–Trinajstić information content (AvgIpc) is 2.83. The zero-order valence-corrected chi connectivity index (χ0v) is 14.3. The smallest absolute Gasteiger partial charge is 0.230 e. The van der Waals surface area contributed by atoms with Gasteiger partial charge in [0.15, 0.2) is 0 Å². The van der Waals surface area contributed by atoms with Gasteiger partial charge in [-0.3, -0.25) is 4.79 Å². The van der Waals surface area contributed by atoms with Crippen LogP contribution in [0.2, 0.25) is 0 Å². The maximum Gasteiger partial charge on any atom is 0.230 e. The second-order valence-corrected chi connectivity index (χ2v) is 6.45. The van der Waals surface area contributed by atoms with Crippen molar-refractivity contribution >= 4 is 5.91 Å². The zero-order valence-electron chi connectivity index (χ0n) is 14.3. The van der Waals surface area contributed by atoms with Crippen molar-refractivity contribution in [1.29, 1.82) is 0 Å². The van der Waals surface area contributed by atoms with E-state index < -0.39 is 5.41 Å². The van der Waals surface area contributed by atoms with E-state index in [1.807, 2.05) is 36.4 Å². The van der Waals surface area contributed by atoms with Gasteiger partial charge in [-0.1, -0.05) is 55.8 Å². The van der Waals surface area contributed by atoms with Gasteiger partial charge in [-0.2, -0.15) is 0 Å². The Morgan fingerprint density at radius 3 is 2.71 bits per heavy atom. The van der Waals surface area contributed by atoms with Crippen molar-refractivity contribution in [2.75, 3.05) is 6.54 Å². The first kappa shape index (κ1) is 16.6. The number of amides is 1. The zero-order chi connectivity index (χ0) is 16.8. The number of benzene rings is 2. The fourth-order valence-electron chi connectivity index (χ4n) is 3.48. The highest BCUT2D eigenvalue weighted by Gasteiger charge is 2.39. The second-order valence-electron chi connectivity index (χ2n) is 6.45. The standard InChI is InChI=1S/C21H25NO2/c1-2-21(13-6-7-14-22-20(21)23)18-11-8-12-19(15-18)24-16-17-9-4-3-5-10-17/h3-5,8-12,15H,2,6-7,13-14,16H2,1H3,(H,22,23). The molecule has 1 heterocycles. The molecule has 0 bridgehead atoms. The molecule has 1 unspecified atom stereocenters. The van der Waals surface area contributed by atoms with Crippen LogP contribution in [0.25, 0.3) is 0 Å². The highest BCUT2D eigenvalue weighted by Crippen LogP contribution is 2.36. The molecule has 0 aromatic heterocycles. The van der Waals surface area contributed by atoms with Gasteiger partial charge in [0.1, 0.15) is 12.4 Å². The Kier molecular flexibility index (Phi) is 5.19. The Bertz CT molecular complexity index is 683. The number of hydrogen-bond acceptors (Lipinski definition) is 2. The molecule has 1 fully saturated rings. The fraction of sp³-hybridized carbons (Fsp3) is 0.381. The molecule has 0 aliphatic carbocycles. The summed E-state index contributed by atoms with van der Waals surface area (Å²) in [4.78, 5) is 12.7. The lowest BCUT2D eigenvalue weighted by Crippen LogP contribution is -2.42. The first-order valence-corrected chi connectivity index (χ1v) is 8.80. The summed E-state index contributed by atoms with van der Waals surface area (Å²) in [7, 11) is 0. The minimum absolute atomic E-state index is 0.155. The van der Waals surface area contributed by atoms with Crippen LogP contribution in [0.4, 0.5) is 0 Å². The molecule has 1 amide bonds. The highest BCUT2D eigenvalue weighted by atomic mass is 16.5. The van der Waals surface area contributed by atoms with E-state index in [1.165, 1.54) is 0 Å². The van der Waals surface area contributed by atoms with Crippen molar-refractivity contribution in [3.05, 3.63) is 65.7 Å². The number of ether oxygens (including phenoxy) is 1. The quantitative estimate of drug-likeness (QED) is 0.895. The summed E-state index contributed by atoms with van der Waals surface area (Å²) >= 11 is 0. The Labute approximate surface area is 144 Å². The van der Waals surface area contributed by atoms with Gasteiger partial charge in [0.2, 0.25) is 5.91 Å². The maximum atomic E-state index is 12.7. The van der Waals surface area contributed by atoms with Crippen molar-refractivity contribution in [2.45, 2.75) is 44.6 Å². The van der Waals surface area contributed by atoms with E-state index >= 15 is 0 Å². The topological polar surface area (TPSA) is 38.3 Å². The van der Waals surface area contributed by atoms with E-state index in [0.29, 0.717) is 6.61 Å². The van der Waals surface area contributed by atoms with Gasteiger partial charge in [-0.05, 0) is 42.5 Å². The van der Waals surface area contributed by atoms with Gasteiger partial charge >= 0.3 is 0 Å².